The van der Waals surface area contributed by atoms with Gasteiger partial charge in [0, 0.05) is 13.1 Å². The molecule has 1 fully saturated rings. The van der Waals surface area contributed by atoms with Crippen LogP contribution in [0.25, 0.3) is 0 Å². The topological polar surface area (TPSA) is 77.8 Å². The number of nitrogens with zero attached hydrogens (tertiary/aromatic N) is 1. The second kappa shape index (κ2) is 4.38. The highest BCUT2D eigenvalue weighted by molar-refractivity contribution is 7.90. The van der Waals surface area contributed by atoms with Crippen LogP contribution in [-0.2, 0) is 16.6 Å². The maximum atomic E-state index is 12.9. The fourth-order valence-electron chi connectivity index (χ4n) is 1.69. The Balaban J connectivity index is 2.27. The molecule has 8 heteroatoms. The summed E-state index contributed by atoms with van der Waals surface area (Å²) in [5.74, 6) is -0.492. The molecule has 1 aliphatic rings. The predicted octanol–water partition coefficient (Wildman–Crippen LogP) is -1.35. The fraction of sp³-hybridized carbons (Fsp3) is 0.333. The summed E-state index contributed by atoms with van der Waals surface area (Å²) < 4.78 is 36.7. The van der Waals surface area contributed by atoms with Gasteiger partial charge >= 0.3 is 7.12 Å². The van der Waals surface area contributed by atoms with Gasteiger partial charge in [0.2, 0.25) is 10.0 Å². The maximum Gasteiger partial charge on any atom is 0.488 e. The van der Waals surface area contributed by atoms with Crippen LogP contribution in [0.5, 0.6) is 0 Å². The van der Waals surface area contributed by atoms with Gasteiger partial charge in [-0.05, 0) is 23.2 Å². The molecule has 1 aromatic carbocycles. The van der Waals surface area contributed by atoms with E-state index < -0.39 is 23.0 Å². The number of halogens is 1. The van der Waals surface area contributed by atoms with Crippen molar-refractivity contribution in [3.8, 4) is 0 Å². The van der Waals surface area contributed by atoms with Crippen LogP contribution in [0.1, 0.15) is 5.56 Å². The predicted molar refractivity (Wildman–Crippen MR) is 60.4 cm³/mol. The van der Waals surface area contributed by atoms with Gasteiger partial charge in [-0.1, -0.05) is 6.07 Å². The van der Waals surface area contributed by atoms with Crippen LogP contribution in [0.15, 0.2) is 18.2 Å². The van der Waals surface area contributed by atoms with Gasteiger partial charge in [-0.25, -0.2) is 12.8 Å². The van der Waals surface area contributed by atoms with Gasteiger partial charge in [0.15, 0.2) is 0 Å². The Labute approximate surface area is 98.7 Å². The summed E-state index contributed by atoms with van der Waals surface area (Å²) in [6.45, 7) is 0.441. The summed E-state index contributed by atoms with van der Waals surface area (Å²) in [5.41, 5.74) is 0.386. The molecule has 0 aliphatic carbocycles. The fourth-order valence-corrected chi connectivity index (χ4v) is 2.76. The summed E-state index contributed by atoms with van der Waals surface area (Å²) >= 11 is 0. The molecule has 92 valence electrons. The zero-order valence-corrected chi connectivity index (χ0v) is 9.69. The average molecular weight is 259 g/mol. The van der Waals surface area contributed by atoms with E-state index in [1.54, 1.807) is 0 Å². The van der Waals surface area contributed by atoms with Gasteiger partial charge < -0.3 is 10.0 Å². The van der Waals surface area contributed by atoms with Crippen molar-refractivity contribution in [3.63, 3.8) is 0 Å². The minimum absolute atomic E-state index is 0.00731. The van der Waals surface area contributed by atoms with Crippen LogP contribution >= 0.6 is 0 Å². The second-order valence-corrected chi connectivity index (χ2v) is 5.95. The van der Waals surface area contributed by atoms with E-state index in [0.29, 0.717) is 12.1 Å². The molecule has 1 aromatic rings. The summed E-state index contributed by atoms with van der Waals surface area (Å²) in [7, 11) is -5.01. The first-order valence-corrected chi connectivity index (χ1v) is 6.63. The van der Waals surface area contributed by atoms with Crippen molar-refractivity contribution in [1.82, 2.24) is 4.31 Å². The Morgan fingerprint density at radius 1 is 1.41 bits per heavy atom. The minimum Gasteiger partial charge on any atom is -0.423 e. The van der Waals surface area contributed by atoms with Gasteiger partial charge in [-0.15, -0.1) is 0 Å². The lowest BCUT2D eigenvalue weighted by molar-refractivity contribution is 0.378. The van der Waals surface area contributed by atoms with E-state index in [4.69, 9.17) is 10.0 Å². The van der Waals surface area contributed by atoms with E-state index in [1.807, 2.05) is 0 Å². The first kappa shape index (κ1) is 12.5. The Morgan fingerprint density at radius 3 is 2.59 bits per heavy atom. The number of hydrogen-bond donors (Lipinski definition) is 2. The number of sulfonamides is 1. The van der Waals surface area contributed by atoms with E-state index in [2.05, 4.69) is 0 Å². The zero-order valence-electron chi connectivity index (χ0n) is 8.88. The highest BCUT2D eigenvalue weighted by atomic mass is 32.2. The molecule has 2 rings (SSSR count). The molecule has 17 heavy (non-hydrogen) atoms. The van der Waals surface area contributed by atoms with Crippen LogP contribution in [0.2, 0.25) is 0 Å². The third kappa shape index (κ3) is 2.49. The molecule has 0 radical (unpaired) electrons. The molecule has 1 heterocycles. The highest BCUT2D eigenvalue weighted by Crippen LogP contribution is 2.16. The van der Waals surface area contributed by atoms with Gasteiger partial charge in [-0.3, -0.25) is 0 Å². The van der Waals surface area contributed by atoms with E-state index >= 15 is 0 Å². The van der Waals surface area contributed by atoms with Crippen molar-refractivity contribution in [1.29, 1.82) is 0 Å². The lowest BCUT2D eigenvalue weighted by Gasteiger charge is -2.30. The van der Waals surface area contributed by atoms with E-state index in [9.17, 15) is 12.8 Å². The van der Waals surface area contributed by atoms with E-state index in [1.165, 1.54) is 10.4 Å². The molecule has 5 nitrogen and oxygen atoms in total. The third-order valence-corrected chi connectivity index (χ3v) is 4.52. The summed E-state index contributed by atoms with van der Waals surface area (Å²) in [6.07, 6.45) is 0. The Bertz CT molecular complexity index is 534. The van der Waals surface area contributed by atoms with Crippen LogP contribution in [0, 0.1) is 5.82 Å². The average Bonchev–Trinajstić information content (AvgIpc) is 2.25. The van der Waals surface area contributed by atoms with Gasteiger partial charge in [-0.2, -0.15) is 4.31 Å². The van der Waals surface area contributed by atoms with E-state index in [-0.39, 0.29) is 17.8 Å². The van der Waals surface area contributed by atoms with Gasteiger partial charge in [0.05, 0.1) is 5.75 Å². The number of hydrogen-bond acceptors (Lipinski definition) is 4. The second-order valence-electron chi connectivity index (χ2n) is 3.87. The maximum absolute atomic E-state index is 12.9. The summed E-state index contributed by atoms with van der Waals surface area (Å²) in [4.78, 5) is 0. The molecule has 2 N–H and O–H groups in total. The molecule has 0 spiro atoms. The van der Waals surface area contributed by atoms with Gasteiger partial charge in [0.1, 0.15) is 5.82 Å². The smallest absolute Gasteiger partial charge is 0.423 e. The molecule has 0 aromatic heterocycles. The standard InChI is InChI=1S/C9H11BFNO4S/c11-8-2-1-7(9(5-8)10(13)14)6-12-3-4-17(12,15)16/h1-2,5,13-14H,3-4,6H2. The summed E-state index contributed by atoms with van der Waals surface area (Å²) in [5, 5.41) is 18.2. The first-order valence-electron chi connectivity index (χ1n) is 5.02. The highest BCUT2D eigenvalue weighted by Gasteiger charge is 2.33. The minimum atomic E-state index is -3.20. The summed E-state index contributed by atoms with van der Waals surface area (Å²) in [6, 6.07) is 3.51. The van der Waals surface area contributed by atoms with Crippen LogP contribution in [-0.4, -0.2) is 42.2 Å². The largest absolute Gasteiger partial charge is 0.488 e. The Morgan fingerprint density at radius 2 is 2.12 bits per heavy atom. The molecule has 1 aliphatic heterocycles. The molecular weight excluding hydrogens is 248 g/mol. The zero-order chi connectivity index (χ0) is 12.6. The molecule has 0 bridgehead atoms. The molecule has 0 unspecified atom stereocenters. The monoisotopic (exact) mass is 259 g/mol. The SMILES string of the molecule is O=S1(=O)CCN1Cc1ccc(F)cc1B(O)O. The van der Waals surface area contributed by atoms with Crippen LogP contribution < -0.4 is 5.46 Å². The molecule has 0 saturated carbocycles. The lowest BCUT2D eigenvalue weighted by Crippen LogP contribution is -2.48. The third-order valence-electron chi connectivity index (χ3n) is 2.72. The van der Waals surface area contributed by atoms with Crippen molar-refractivity contribution < 1.29 is 22.9 Å². The number of rotatable bonds is 3. The Kier molecular flexibility index (Phi) is 3.22. The van der Waals surface area contributed by atoms with Crippen molar-refractivity contribution >= 4 is 22.6 Å². The van der Waals surface area contributed by atoms with Gasteiger partial charge in [0.25, 0.3) is 0 Å². The van der Waals surface area contributed by atoms with Crippen molar-refractivity contribution in [2.75, 3.05) is 12.3 Å². The van der Waals surface area contributed by atoms with E-state index in [0.717, 1.165) is 12.1 Å². The van der Waals surface area contributed by atoms with Crippen molar-refractivity contribution in [3.05, 3.63) is 29.6 Å². The molecule has 1 saturated heterocycles. The number of benzene rings is 1. The molecular formula is C9H11BFNO4S. The molecule has 0 atom stereocenters. The first-order chi connectivity index (χ1) is 7.90. The van der Waals surface area contributed by atoms with Crippen LogP contribution in [0.3, 0.4) is 0 Å². The van der Waals surface area contributed by atoms with Crippen molar-refractivity contribution in [2.24, 2.45) is 0 Å². The quantitative estimate of drug-likeness (QED) is 0.658. The molecule has 0 amide bonds. The lowest BCUT2D eigenvalue weighted by atomic mass is 9.77. The normalized spacial score (nSPS) is 18.8. The Hall–Kier alpha value is -0.955. The van der Waals surface area contributed by atoms with Crippen LogP contribution in [0.4, 0.5) is 4.39 Å². The van der Waals surface area contributed by atoms with Crippen molar-refractivity contribution in [2.45, 2.75) is 6.54 Å².